The summed E-state index contributed by atoms with van der Waals surface area (Å²) in [6, 6.07) is 5.39. The number of halogens is 1. The first kappa shape index (κ1) is 20.6. The summed E-state index contributed by atoms with van der Waals surface area (Å²) in [6.45, 7) is 4.00. The van der Waals surface area contributed by atoms with Gasteiger partial charge in [0.15, 0.2) is 17.3 Å². The van der Waals surface area contributed by atoms with E-state index in [-0.39, 0.29) is 34.3 Å². The lowest BCUT2D eigenvalue weighted by molar-refractivity contribution is -0.119. The number of hydrogen-bond acceptors (Lipinski definition) is 6. The fourth-order valence-corrected chi connectivity index (χ4v) is 4.05. The Hall–Kier alpha value is -3.09. The van der Waals surface area contributed by atoms with Crippen molar-refractivity contribution in [1.82, 2.24) is 0 Å². The number of rotatable bonds is 4. The lowest BCUT2D eigenvalue weighted by Gasteiger charge is -2.37. The maximum absolute atomic E-state index is 13.0. The number of nitriles is 1. The highest BCUT2D eigenvalue weighted by Crippen LogP contribution is 2.49. The number of hydrogen-bond donors (Lipinski definition) is 1. The molecule has 0 bridgehead atoms. The lowest BCUT2D eigenvalue weighted by Crippen LogP contribution is -2.33. The van der Waals surface area contributed by atoms with Gasteiger partial charge in [-0.1, -0.05) is 31.4 Å². The van der Waals surface area contributed by atoms with Crippen LogP contribution in [0.15, 0.2) is 34.9 Å². The fourth-order valence-electron chi connectivity index (χ4n) is 3.78. The summed E-state index contributed by atoms with van der Waals surface area (Å²) in [6.07, 6.45) is 6.14. The number of nitrogens with zero attached hydrogens (tertiary/aromatic N) is 1. The van der Waals surface area contributed by atoms with Crippen molar-refractivity contribution in [2.24, 2.45) is 11.1 Å². The van der Waals surface area contributed by atoms with Crippen LogP contribution in [0, 0.1) is 29.1 Å². The Morgan fingerprint density at radius 1 is 1.41 bits per heavy atom. The zero-order chi connectivity index (χ0) is 21.3. The van der Waals surface area contributed by atoms with Crippen LogP contribution in [0.5, 0.6) is 11.5 Å². The molecule has 29 heavy (non-hydrogen) atoms. The van der Waals surface area contributed by atoms with E-state index < -0.39 is 5.92 Å². The molecule has 0 radical (unpaired) electrons. The minimum atomic E-state index is -0.694. The van der Waals surface area contributed by atoms with E-state index in [2.05, 4.69) is 12.0 Å². The number of methoxy groups -OCH3 is 1. The number of ether oxygens (including phenoxy) is 3. The molecular formula is C22H21ClN2O4. The van der Waals surface area contributed by atoms with E-state index in [1.54, 1.807) is 12.1 Å². The summed E-state index contributed by atoms with van der Waals surface area (Å²) >= 11 is 6.42. The van der Waals surface area contributed by atoms with Crippen LogP contribution in [0.25, 0.3) is 0 Å². The van der Waals surface area contributed by atoms with Crippen LogP contribution >= 0.6 is 11.6 Å². The average Bonchev–Trinajstić information content (AvgIpc) is 2.64. The molecule has 1 heterocycles. The molecule has 1 aromatic rings. The molecule has 1 aliphatic carbocycles. The van der Waals surface area contributed by atoms with Gasteiger partial charge in [0.25, 0.3) is 0 Å². The maximum Gasteiger partial charge on any atom is 0.205 e. The van der Waals surface area contributed by atoms with Gasteiger partial charge in [0.05, 0.1) is 18.1 Å². The zero-order valence-corrected chi connectivity index (χ0v) is 17.2. The molecule has 0 amide bonds. The van der Waals surface area contributed by atoms with Crippen LogP contribution in [-0.2, 0) is 9.53 Å². The Bertz CT molecular complexity index is 1020. The Balaban J connectivity index is 2.19. The fraction of sp³-hybridized carbons (Fsp3) is 0.364. The summed E-state index contributed by atoms with van der Waals surface area (Å²) in [5.74, 6) is 2.72. The van der Waals surface area contributed by atoms with Gasteiger partial charge in [0.2, 0.25) is 5.88 Å². The SMILES string of the molecule is C#CCOc1c(Cl)cc(C2C(C#N)=C(N)OC3=C2C(=O)CC(C)(C)C3)cc1OC. The molecule has 1 atom stereocenters. The second-order valence-corrected chi connectivity index (χ2v) is 8.14. The first-order valence-electron chi connectivity index (χ1n) is 9.00. The summed E-state index contributed by atoms with van der Waals surface area (Å²) in [4.78, 5) is 13.0. The number of nitrogens with two attached hydrogens (primary N) is 1. The molecule has 2 aliphatic rings. The number of allylic oxidation sites excluding steroid dienone is 3. The molecule has 0 saturated carbocycles. The second kappa shape index (κ2) is 7.73. The number of terminal acetylenes is 1. The van der Waals surface area contributed by atoms with Crippen LogP contribution in [0.1, 0.15) is 38.2 Å². The minimum Gasteiger partial charge on any atom is -0.493 e. The van der Waals surface area contributed by atoms with Crippen molar-refractivity contribution in [3.63, 3.8) is 0 Å². The standard InChI is InChI=1S/C22H21ClN2O4/c1-5-6-28-20-14(23)7-12(8-16(20)27-4)18-13(11-24)21(25)29-17-10-22(2,3)9-15(26)19(17)18/h1,7-8,18H,6,9-10,25H2,2-4H3. The maximum atomic E-state index is 13.0. The molecule has 0 aromatic heterocycles. The van der Waals surface area contributed by atoms with Crippen molar-refractivity contribution in [3.8, 4) is 29.9 Å². The van der Waals surface area contributed by atoms with Crippen LogP contribution in [0.4, 0.5) is 0 Å². The van der Waals surface area contributed by atoms with Crippen molar-refractivity contribution >= 4 is 17.4 Å². The van der Waals surface area contributed by atoms with Crippen molar-refractivity contribution in [1.29, 1.82) is 5.26 Å². The Morgan fingerprint density at radius 3 is 2.76 bits per heavy atom. The van der Waals surface area contributed by atoms with E-state index in [0.29, 0.717) is 41.2 Å². The third-order valence-electron chi connectivity index (χ3n) is 4.96. The topological polar surface area (TPSA) is 94.6 Å². The summed E-state index contributed by atoms with van der Waals surface area (Å²) in [5.41, 5.74) is 6.97. The van der Waals surface area contributed by atoms with E-state index in [0.717, 1.165) is 0 Å². The van der Waals surface area contributed by atoms with E-state index in [4.69, 9.17) is 38.0 Å². The van der Waals surface area contributed by atoms with Crippen molar-refractivity contribution in [2.45, 2.75) is 32.6 Å². The highest BCUT2D eigenvalue weighted by molar-refractivity contribution is 6.32. The number of benzene rings is 1. The molecule has 1 unspecified atom stereocenters. The van der Waals surface area contributed by atoms with E-state index >= 15 is 0 Å². The first-order valence-corrected chi connectivity index (χ1v) is 9.37. The monoisotopic (exact) mass is 412 g/mol. The number of carbonyl (C=O) groups excluding carboxylic acids is 1. The van der Waals surface area contributed by atoms with Crippen molar-refractivity contribution in [3.05, 3.63) is 45.5 Å². The molecular weight excluding hydrogens is 392 g/mol. The molecule has 0 fully saturated rings. The van der Waals surface area contributed by atoms with Crippen LogP contribution in [-0.4, -0.2) is 19.5 Å². The normalized spacial score (nSPS) is 20.3. The van der Waals surface area contributed by atoms with Gasteiger partial charge in [-0.15, -0.1) is 6.42 Å². The molecule has 6 nitrogen and oxygen atoms in total. The molecule has 7 heteroatoms. The summed E-state index contributed by atoms with van der Waals surface area (Å²) in [5, 5.41) is 9.98. The molecule has 150 valence electrons. The zero-order valence-electron chi connectivity index (χ0n) is 16.5. The smallest absolute Gasteiger partial charge is 0.205 e. The molecule has 1 aromatic carbocycles. The molecule has 0 spiro atoms. The lowest BCUT2D eigenvalue weighted by atomic mass is 9.70. The Labute approximate surface area is 174 Å². The summed E-state index contributed by atoms with van der Waals surface area (Å²) in [7, 11) is 1.47. The predicted octanol–water partition coefficient (Wildman–Crippen LogP) is 3.81. The minimum absolute atomic E-state index is 0.00972. The van der Waals surface area contributed by atoms with Crippen LogP contribution in [0.2, 0.25) is 5.02 Å². The van der Waals surface area contributed by atoms with Gasteiger partial charge in [-0.3, -0.25) is 4.79 Å². The summed E-state index contributed by atoms with van der Waals surface area (Å²) < 4.78 is 16.6. The molecule has 2 N–H and O–H groups in total. The molecule has 1 aliphatic heterocycles. The average molecular weight is 413 g/mol. The van der Waals surface area contributed by atoms with Crippen LogP contribution < -0.4 is 15.2 Å². The van der Waals surface area contributed by atoms with Gasteiger partial charge >= 0.3 is 0 Å². The number of Topliss-reactive ketones (excluding diaryl/α,β-unsaturated/α-hetero) is 1. The van der Waals surface area contributed by atoms with Crippen LogP contribution in [0.3, 0.4) is 0 Å². The van der Waals surface area contributed by atoms with Gasteiger partial charge in [-0.05, 0) is 23.1 Å². The molecule has 0 saturated heterocycles. The number of carbonyl (C=O) groups is 1. The molecule has 3 rings (SSSR count). The third kappa shape index (κ3) is 3.77. The van der Waals surface area contributed by atoms with Gasteiger partial charge < -0.3 is 19.9 Å². The van der Waals surface area contributed by atoms with Gasteiger partial charge in [-0.25, -0.2) is 0 Å². The van der Waals surface area contributed by atoms with Crippen molar-refractivity contribution in [2.75, 3.05) is 13.7 Å². The second-order valence-electron chi connectivity index (χ2n) is 7.73. The van der Waals surface area contributed by atoms with Gasteiger partial charge in [0, 0.05) is 18.4 Å². The Kier molecular flexibility index (Phi) is 5.50. The van der Waals surface area contributed by atoms with Gasteiger partial charge in [0.1, 0.15) is 24.0 Å². The number of ketones is 1. The third-order valence-corrected chi connectivity index (χ3v) is 5.24. The van der Waals surface area contributed by atoms with E-state index in [9.17, 15) is 10.1 Å². The Morgan fingerprint density at radius 2 is 2.14 bits per heavy atom. The van der Waals surface area contributed by atoms with Crippen molar-refractivity contribution < 1.29 is 19.0 Å². The van der Waals surface area contributed by atoms with E-state index in [1.807, 2.05) is 13.8 Å². The predicted molar refractivity (Wildman–Crippen MR) is 108 cm³/mol. The van der Waals surface area contributed by atoms with E-state index in [1.165, 1.54) is 7.11 Å². The quantitative estimate of drug-likeness (QED) is 0.755. The first-order chi connectivity index (χ1) is 13.7. The van der Waals surface area contributed by atoms with Gasteiger partial charge in [-0.2, -0.15) is 5.26 Å². The largest absolute Gasteiger partial charge is 0.493 e. The highest BCUT2D eigenvalue weighted by atomic mass is 35.5. The highest BCUT2D eigenvalue weighted by Gasteiger charge is 2.43.